The summed E-state index contributed by atoms with van der Waals surface area (Å²) in [5.41, 5.74) is 23.8. The third-order valence-electron chi connectivity index (χ3n) is 11.7. The van der Waals surface area contributed by atoms with Crippen molar-refractivity contribution in [3.8, 4) is 12.1 Å². The van der Waals surface area contributed by atoms with Crippen molar-refractivity contribution in [2.45, 2.75) is 208 Å². The number of rotatable bonds is 12. The van der Waals surface area contributed by atoms with Crippen LogP contribution in [0.3, 0.4) is 0 Å². The van der Waals surface area contributed by atoms with Gasteiger partial charge in [0.05, 0.1) is 0 Å². The largest absolute Gasteiger partial charge is 3.00 e. The van der Waals surface area contributed by atoms with E-state index in [9.17, 15) is 0 Å². The molecule has 0 N–H and O–H groups in total. The molecule has 0 aliphatic rings. The van der Waals surface area contributed by atoms with Gasteiger partial charge >= 0.3 is 44.8 Å². The monoisotopic (exact) mass is 1380 g/mol. The van der Waals surface area contributed by atoms with Gasteiger partial charge in [-0.25, -0.2) is 0 Å². The molecule has 0 spiro atoms. The Bertz CT molecular complexity index is 2440. The summed E-state index contributed by atoms with van der Waals surface area (Å²) < 4.78 is 0. The summed E-state index contributed by atoms with van der Waals surface area (Å²) in [6.07, 6.45) is 0. The zero-order valence-corrected chi connectivity index (χ0v) is 66.5. The maximum Gasteiger partial charge on any atom is 3.00 e. The van der Waals surface area contributed by atoms with Crippen molar-refractivity contribution in [2.24, 2.45) is 32.5 Å². The predicted molar refractivity (Wildman–Crippen MR) is 391 cm³/mol. The van der Waals surface area contributed by atoms with Gasteiger partial charge in [0.25, 0.3) is 0 Å². The van der Waals surface area contributed by atoms with E-state index < -0.39 is 0 Å². The van der Waals surface area contributed by atoms with Gasteiger partial charge in [-0.1, -0.05) is 333 Å². The van der Waals surface area contributed by atoms with Crippen LogP contribution in [-0.4, -0.2) is 39.3 Å². The summed E-state index contributed by atoms with van der Waals surface area (Å²) in [4.78, 5) is 0. The van der Waals surface area contributed by atoms with Gasteiger partial charge in [-0.3, -0.25) is 0 Å². The van der Waals surface area contributed by atoms with Crippen LogP contribution >= 0.6 is 0 Å². The van der Waals surface area contributed by atoms with E-state index in [1.807, 2.05) is 0 Å². The summed E-state index contributed by atoms with van der Waals surface area (Å²) in [5, 5.41) is 42.1. The quantitative estimate of drug-likeness (QED) is 0.113. The second kappa shape index (κ2) is 41.9. The van der Waals surface area contributed by atoms with Gasteiger partial charge in [-0.2, -0.15) is 10.5 Å². The molecule has 0 radical (unpaired) electrons. The van der Waals surface area contributed by atoms with Crippen LogP contribution in [0.1, 0.15) is 191 Å². The second-order valence-electron chi connectivity index (χ2n) is 31.6. The minimum absolute atomic E-state index is 0. The normalized spacial score (nSPS) is 10.8. The number of benzene rings is 6. The zero-order valence-electron chi connectivity index (χ0n) is 62.1. The number of nitrogens with zero attached hydrogens (tertiary/aromatic N) is 8. The van der Waals surface area contributed by atoms with E-state index in [2.05, 4.69) is 349 Å². The van der Waals surface area contributed by atoms with Crippen molar-refractivity contribution >= 4 is 34.1 Å². The van der Waals surface area contributed by atoms with Gasteiger partial charge in [-0.05, 0) is 83.1 Å². The first-order valence-corrected chi connectivity index (χ1v) is 31.4. The topological polar surface area (TPSA) is 132 Å². The molecule has 8 nitrogen and oxygen atoms in total. The zero-order chi connectivity index (χ0) is 68.0. The minimum Gasteiger partial charge on any atom is -0.684 e. The molecule has 6 aromatic rings. The van der Waals surface area contributed by atoms with E-state index in [1.54, 1.807) is 0 Å². The van der Waals surface area contributed by atoms with Gasteiger partial charge in [0, 0.05) is 0 Å². The minimum atomic E-state index is 0. The fourth-order valence-electron chi connectivity index (χ4n) is 8.22. The number of hydrogen-bond donors (Lipinski definition) is 0. The van der Waals surface area contributed by atoms with Crippen molar-refractivity contribution in [3.05, 3.63) is 208 Å². The number of hydrogen-bond acceptors (Lipinski definition) is 2. The Morgan fingerprint density at radius 3 is 0.367 bits per heavy atom. The van der Waals surface area contributed by atoms with Crippen LogP contribution in [0.5, 0.6) is 0 Å². The van der Waals surface area contributed by atoms with E-state index in [0.29, 0.717) is 0 Å². The van der Waals surface area contributed by atoms with E-state index in [4.69, 9.17) is 10.5 Å². The van der Waals surface area contributed by atoms with Crippen LogP contribution in [0.2, 0.25) is 0 Å². The average Bonchev–Trinajstić information content (AvgIpc) is 3.33. The van der Waals surface area contributed by atoms with E-state index in [-0.39, 0.29) is 77.3 Å². The average molecular weight is 1380 g/mol. The summed E-state index contributed by atoms with van der Waals surface area (Å²) in [5.74, 6) is 0. The van der Waals surface area contributed by atoms with Crippen molar-refractivity contribution < 1.29 is 44.8 Å². The Balaban J connectivity index is -0.000000992. The van der Waals surface area contributed by atoms with E-state index in [0.717, 1.165) is 73.4 Å². The maximum absolute atomic E-state index is 7.26. The van der Waals surface area contributed by atoms with Crippen molar-refractivity contribution in [2.75, 3.05) is 39.3 Å². The first-order chi connectivity index (χ1) is 40.1. The van der Waals surface area contributed by atoms with Crippen molar-refractivity contribution in [1.82, 2.24) is 0 Å². The maximum atomic E-state index is 7.26. The molecule has 0 fully saturated rings. The Morgan fingerprint density at radius 2 is 0.300 bits per heavy atom. The van der Waals surface area contributed by atoms with Gasteiger partial charge in [-0.15, -0.1) is 73.4 Å². The van der Waals surface area contributed by atoms with Crippen LogP contribution < -0.4 is 0 Å². The molecule has 0 aliphatic carbocycles. The third-order valence-corrected chi connectivity index (χ3v) is 11.7. The van der Waals surface area contributed by atoms with Gasteiger partial charge in [0.1, 0.15) is 0 Å². The van der Waals surface area contributed by atoms with Crippen LogP contribution in [0.4, 0.5) is 34.1 Å². The fraction of sp³-hybridized carbons (Fsp3) is 0.525. The molecule has 0 heterocycles. The van der Waals surface area contributed by atoms with E-state index in [1.165, 1.54) is 78.9 Å². The Labute approximate surface area is 584 Å². The van der Waals surface area contributed by atoms with Crippen molar-refractivity contribution in [3.63, 3.8) is 0 Å². The molecule has 90 heavy (non-hydrogen) atoms. The molecule has 0 bridgehead atoms. The van der Waals surface area contributed by atoms with Gasteiger partial charge in [0.2, 0.25) is 0 Å². The van der Waals surface area contributed by atoms with Gasteiger partial charge < -0.3 is 31.9 Å². The summed E-state index contributed by atoms with van der Waals surface area (Å²) >= 11 is 0. The first-order valence-electron chi connectivity index (χ1n) is 31.4. The molecule has 6 aromatic carbocycles. The third kappa shape index (κ3) is 51.2. The Kier molecular flexibility index (Phi) is 41.4. The Hall–Kier alpha value is -5.42. The second-order valence-corrected chi connectivity index (χ2v) is 31.6. The van der Waals surface area contributed by atoms with Crippen molar-refractivity contribution in [1.29, 1.82) is 10.5 Å². The molecule has 0 aromatic heterocycles. The predicted octanol–water partition coefficient (Wildman–Crippen LogP) is 26.2. The fourth-order valence-corrected chi connectivity index (χ4v) is 8.22. The molecule has 10 heteroatoms. The standard InChI is InChI=1S/6C13H20N.C2N2.2Nb/c6*1-10-6-11(2)8-12(7-10)14-9-13(3,4)5;3-1-2-4;;/h6*6-8H,9H2,1-5H3;;;/q6*-1;;2*+3. The van der Waals surface area contributed by atoms with Crippen LogP contribution in [0.15, 0.2) is 109 Å². The molecule has 0 saturated carbocycles. The molecule has 0 aliphatic heterocycles. The SMILES string of the molecule is Cc1cc(C)cc([N-]CC(C)(C)C)c1.Cc1cc(C)cc([N-]CC(C)(C)C)c1.Cc1cc(C)cc([N-]CC(C)(C)C)c1.Cc1cc(C)cc([N-]CC(C)(C)C)c1.Cc1cc(C)cc([N-]CC(C)(C)C)c1.Cc1cc(C)cc([N-]CC(C)(C)C)c1.N#CC#N.[Nb+3].[Nb+3]. The van der Waals surface area contributed by atoms with Crippen LogP contribution in [-0.2, 0) is 44.8 Å². The molecule has 0 amide bonds. The number of nitriles is 2. The van der Waals surface area contributed by atoms with Gasteiger partial charge in [0.15, 0.2) is 12.1 Å². The molecule has 0 unspecified atom stereocenters. The summed E-state index contributed by atoms with van der Waals surface area (Å²) in [6.45, 7) is 70.4. The van der Waals surface area contributed by atoms with E-state index >= 15 is 0 Å². The molecule has 490 valence electrons. The van der Waals surface area contributed by atoms with Crippen LogP contribution in [0, 0.1) is 138 Å². The number of aryl methyl sites for hydroxylation is 12. The smallest absolute Gasteiger partial charge is 0.684 e. The molecular weight excluding hydrogens is 1260 g/mol. The summed E-state index contributed by atoms with van der Waals surface area (Å²) in [7, 11) is 0. The molecule has 0 atom stereocenters. The molecule has 6 rings (SSSR count). The Morgan fingerprint density at radius 1 is 0.211 bits per heavy atom. The van der Waals surface area contributed by atoms with Crippen LogP contribution in [0.25, 0.3) is 31.9 Å². The molecular formula is C80H120N8Nb2. The summed E-state index contributed by atoms with van der Waals surface area (Å²) in [6, 6.07) is 41.2. The first kappa shape index (κ1) is 88.8. The molecule has 0 saturated heterocycles.